The Hall–Kier alpha value is -1.81. The average Bonchev–Trinajstić information content (AvgIpc) is 2.36. The summed E-state index contributed by atoms with van der Waals surface area (Å²) in [5.41, 5.74) is 2.56. The molecule has 0 radical (unpaired) electrons. The molecule has 92 valence electrons. The van der Waals surface area contributed by atoms with Gasteiger partial charge in [-0.3, -0.25) is 0 Å². The van der Waals surface area contributed by atoms with E-state index in [9.17, 15) is 4.79 Å². The maximum absolute atomic E-state index is 11.8. The van der Waals surface area contributed by atoms with Crippen molar-refractivity contribution < 1.29 is 4.79 Å². The smallest absolute Gasteiger partial charge is 0.308 e. The quantitative estimate of drug-likeness (QED) is 0.848. The molecule has 0 aromatic heterocycles. The first kappa shape index (κ1) is 12.6. The number of amides is 2. The first-order chi connectivity index (χ1) is 8.66. The fourth-order valence-electron chi connectivity index (χ4n) is 1.55. The van der Waals surface area contributed by atoms with Crippen LogP contribution in [0.15, 0.2) is 53.0 Å². The third kappa shape index (κ3) is 3.11. The molecule has 3 nitrogen and oxygen atoms in total. The van der Waals surface area contributed by atoms with Crippen LogP contribution in [0, 0.1) is 6.92 Å². The van der Waals surface area contributed by atoms with Crippen LogP contribution >= 0.6 is 15.9 Å². The zero-order chi connectivity index (χ0) is 13.0. The number of hydrogen-bond donors (Lipinski definition) is 2. The molecule has 2 amide bonds. The molecular weight excluding hydrogens is 292 g/mol. The molecule has 0 saturated carbocycles. The molecule has 0 spiro atoms. The predicted octanol–water partition coefficient (Wildman–Crippen LogP) is 4.40. The molecule has 2 N–H and O–H groups in total. The van der Waals surface area contributed by atoms with E-state index in [0.29, 0.717) is 0 Å². The van der Waals surface area contributed by atoms with Crippen molar-refractivity contribution in [2.24, 2.45) is 0 Å². The summed E-state index contributed by atoms with van der Waals surface area (Å²) >= 11 is 3.43. The minimum Gasteiger partial charge on any atom is -0.308 e. The Balaban J connectivity index is 2.06. The second-order valence-corrected chi connectivity index (χ2v) is 4.71. The molecule has 2 aromatic carbocycles. The van der Waals surface area contributed by atoms with Crippen LogP contribution in [0.1, 0.15) is 5.56 Å². The van der Waals surface area contributed by atoms with E-state index in [-0.39, 0.29) is 6.03 Å². The van der Waals surface area contributed by atoms with Gasteiger partial charge in [0.1, 0.15) is 0 Å². The summed E-state index contributed by atoms with van der Waals surface area (Å²) in [5, 5.41) is 5.59. The Morgan fingerprint density at radius 2 is 1.72 bits per heavy atom. The van der Waals surface area contributed by atoms with Crippen LogP contribution in [-0.4, -0.2) is 6.03 Å². The Morgan fingerprint density at radius 1 is 1.00 bits per heavy atom. The summed E-state index contributed by atoms with van der Waals surface area (Å²) < 4.78 is 0.972. The summed E-state index contributed by atoms with van der Waals surface area (Å²) in [4.78, 5) is 11.8. The van der Waals surface area contributed by atoms with E-state index in [1.807, 2.05) is 55.5 Å². The monoisotopic (exact) mass is 304 g/mol. The SMILES string of the molecule is Cc1c(Br)cccc1NC(=O)Nc1ccccc1. The lowest BCUT2D eigenvalue weighted by Crippen LogP contribution is -2.19. The topological polar surface area (TPSA) is 41.1 Å². The average molecular weight is 305 g/mol. The number of anilines is 2. The summed E-state index contributed by atoms with van der Waals surface area (Å²) in [6.07, 6.45) is 0. The van der Waals surface area contributed by atoms with Gasteiger partial charge in [-0.05, 0) is 36.8 Å². The predicted molar refractivity (Wildman–Crippen MR) is 78.0 cm³/mol. The third-order valence-electron chi connectivity index (χ3n) is 2.55. The number of rotatable bonds is 2. The fourth-order valence-corrected chi connectivity index (χ4v) is 1.92. The molecule has 2 aromatic rings. The fraction of sp³-hybridized carbons (Fsp3) is 0.0714. The second kappa shape index (κ2) is 5.69. The zero-order valence-corrected chi connectivity index (χ0v) is 11.5. The summed E-state index contributed by atoms with van der Waals surface area (Å²) in [6, 6.07) is 14.8. The van der Waals surface area contributed by atoms with E-state index >= 15 is 0 Å². The number of urea groups is 1. The van der Waals surface area contributed by atoms with Crippen molar-refractivity contribution in [3.8, 4) is 0 Å². The number of halogens is 1. The van der Waals surface area contributed by atoms with Gasteiger partial charge in [-0.25, -0.2) is 4.79 Å². The lowest BCUT2D eigenvalue weighted by atomic mass is 10.2. The van der Waals surface area contributed by atoms with Crippen molar-refractivity contribution in [3.63, 3.8) is 0 Å². The molecule has 0 unspecified atom stereocenters. The van der Waals surface area contributed by atoms with Crippen LogP contribution < -0.4 is 10.6 Å². The highest BCUT2D eigenvalue weighted by Crippen LogP contribution is 2.23. The van der Waals surface area contributed by atoms with E-state index in [2.05, 4.69) is 26.6 Å². The van der Waals surface area contributed by atoms with Crippen LogP contribution in [0.4, 0.5) is 16.2 Å². The van der Waals surface area contributed by atoms with Crippen molar-refractivity contribution in [3.05, 3.63) is 58.6 Å². The van der Waals surface area contributed by atoms with Crippen molar-refractivity contribution in [1.29, 1.82) is 0 Å². The molecule has 0 aliphatic heterocycles. The van der Waals surface area contributed by atoms with Crippen LogP contribution in [0.25, 0.3) is 0 Å². The lowest BCUT2D eigenvalue weighted by molar-refractivity contribution is 0.262. The highest BCUT2D eigenvalue weighted by atomic mass is 79.9. The summed E-state index contributed by atoms with van der Waals surface area (Å²) in [6.45, 7) is 1.95. The number of carbonyl (C=O) groups excluding carboxylic acids is 1. The van der Waals surface area contributed by atoms with Gasteiger partial charge in [-0.15, -0.1) is 0 Å². The molecule has 18 heavy (non-hydrogen) atoms. The number of nitrogens with one attached hydrogen (secondary N) is 2. The Kier molecular flexibility index (Phi) is 3.99. The molecule has 0 heterocycles. The summed E-state index contributed by atoms with van der Waals surface area (Å²) in [7, 11) is 0. The zero-order valence-electron chi connectivity index (χ0n) is 9.91. The second-order valence-electron chi connectivity index (χ2n) is 3.86. The molecule has 0 aliphatic carbocycles. The highest BCUT2D eigenvalue weighted by molar-refractivity contribution is 9.10. The Bertz CT molecular complexity index is 555. The van der Waals surface area contributed by atoms with Crippen LogP contribution in [0.5, 0.6) is 0 Å². The maximum Gasteiger partial charge on any atom is 0.323 e. The van der Waals surface area contributed by atoms with Gasteiger partial charge in [0.05, 0.1) is 0 Å². The van der Waals surface area contributed by atoms with E-state index < -0.39 is 0 Å². The van der Waals surface area contributed by atoms with Crippen LogP contribution in [0.3, 0.4) is 0 Å². The van der Waals surface area contributed by atoms with Gasteiger partial charge < -0.3 is 10.6 Å². The van der Waals surface area contributed by atoms with E-state index in [1.54, 1.807) is 0 Å². The normalized spacial score (nSPS) is 9.89. The molecule has 2 rings (SSSR count). The van der Waals surface area contributed by atoms with Gasteiger partial charge in [0.15, 0.2) is 0 Å². The van der Waals surface area contributed by atoms with Crippen LogP contribution in [0.2, 0.25) is 0 Å². The van der Waals surface area contributed by atoms with Gasteiger partial charge in [0, 0.05) is 15.8 Å². The molecule has 0 bridgehead atoms. The van der Waals surface area contributed by atoms with Crippen molar-refractivity contribution in [1.82, 2.24) is 0 Å². The van der Waals surface area contributed by atoms with E-state index in [1.165, 1.54) is 0 Å². The van der Waals surface area contributed by atoms with Crippen molar-refractivity contribution >= 4 is 33.3 Å². The van der Waals surface area contributed by atoms with E-state index in [4.69, 9.17) is 0 Å². The Morgan fingerprint density at radius 3 is 2.44 bits per heavy atom. The molecule has 4 heteroatoms. The Labute approximate surface area is 114 Å². The van der Waals surface area contributed by atoms with E-state index in [0.717, 1.165) is 21.4 Å². The largest absolute Gasteiger partial charge is 0.323 e. The number of carbonyl (C=O) groups is 1. The lowest BCUT2D eigenvalue weighted by Gasteiger charge is -2.10. The van der Waals surface area contributed by atoms with Gasteiger partial charge in [0.2, 0.25) is 0 Å². The van der Waals surface area contributed by atoms with Gasteiger partial charge in [-0.2, -0.15) is 0 Å². The molecule has 0 fully saturated rings. The highest BCUT2D eigenvalue weighted by Gasteiger charge is 2.06. The molecule has 0 aliphatic rings. The van der Waals surface area contributed by atoms with Gasteiger partial charge >= 0.3 is 6.03 Å². The minimum atomic E-state index is -0.248. The third-order valence-corrected chi connectivity index (χ3v) is 3.41. The summed E-state index contributed by atoms with van der Waals surface area (Å²) in [5.74, 6) is 0. The van der Waals surface area contributed by atoms with Crippen molar-refractivity contribution in [2.75, 3.05) is 10.6 Å². The molecular formula is C14H13BrN2O. The van der Waals surface area contributed by atoms with Gasteiger partial charge in [-0.1, -0.05) is 40.2 Å². The molecule has 0 atom stereocenters. The standard InChI is InChI=1S/C14H13BrN2O/c1-10-12(15)8-5-9-13(10)17-14(18)16-11-6-3-2-4-7-11/h2-9H,1H3,(H2,16,17,18). The number of hydrogen-bond acceptors (Lipinski definition) is 1. The van der Waals surface area contributed by atoms with Crippen LogP contribution in [-0.2, 0) is 0 Å². The number of para-hydroxylation sites is 1. The number of benzene rings is 2. The molecule has 0 saturated heterocycles. The minimum absolute atomic E-state index is 0.248. The first-order valence-corrected chi connectivity index (χ1v) is 6.34. The first-order valence-electron chi connectivity index (χ1n) is 5.55. The van der Waals surface area contributed by atoms with Gasteiger partial charge in [0.25, 0.3) is 0 Å². The van der Waals surface area contributed by atoms with Crippen molar-refractivity contribution in [2.45, 2.75) is 6.92 Å². The maximum atomic E-state index is 11.8.